The molecule has 1 aromatic carbocycles. The molecule has 0 bridgehead atoms. The van der Waals surface area contributed by atoms with Crippen LogP contribution in [0.3, 0.4) is 0 Å². The van der Waals surface area contributed by atoms with E-state index < -0.39 is 5.91 Å². The molecule has 0 aliphatic carbocycles. The molecule has 1 amide bonds. The van der Waals surface area contributed by atoms with Crippen LogP contribution in [-0.2, 0) is 4.79 Å². The molecule has 0 atom stereocenters. The molecule has 0 heterocycles. The van der Waals surface area contributed by atoms with Crippen LogP contribution in [0.15, 0.2) is 24.3 Å². The second-order valence-electron chi connectivity index (χ2n) is 2.48. The average molecular weight is 179 g/mol. The van der Waals surface area contributed by atoms with Crippen molar-refractivity contribution in [3.8, 4) is 11.5 Å². The Morgan fingerprint density at radius 2 is 2.08 bits per heavy atom. The van der Waals surface area contributed by atoms with Crippen LogP contribution in [0.4, 0.5) is 0 Å². The highest BCUT2D eigenvalue weighted by atomic mass is 16.3. The number of nitrogens with two attached hydrogens (primary N) is 1. The fourth-order valence-electron chi connectivity index (χ4n) is 0.847. The predicted molar refractivity (Wildman–Crippen MR) is 48.0 cm³/mol. The van der Waals surface area contributed by atoms with Gasteiger partial charge in [0, 0.05) is 11.6 Å². The lowest BCUT2D eigenvalue weighted by Crippen LogP contribution is -2.05. The van der Waals surface area contributed by atoms with Crippen LogP contribution in [-0.4, -0.2) is 16.1 Å². The molecule has 4 nitrogen and oxygen atoms in total. The zero-order valence-electron chi connectivity index (χ0n) is 6.77. The van der Waals surface area contributed by atoms with Gasteiger partial charge < -0.3 is 15.9 Å². The Kier molecular flexibility index (Phi) is 2.54. The first kappa shape index (κ1) is 9.12. The Hall–Kier alpha value is -1.97. The summed E-state index contributed by atoms with van der Waals surface area (Å²) in [5.74, 6) is -0.611. The summed E-state index contributed by atoms with van der Waals surface area (Å²) in [6.45, 7) is 0. The third-order valence-electron chi connectivity index (χ3n) is 1.44. The molecule has 68 valence electrons. The molecule has 13 heavy (non-hydrogen) atoms. The molecular formula is C9H9NO3. The van der Waals surface area contributed by atoms with Crippen LogP contribution in [0.1, 0.15) is 5.56 Å². The van der Waals surface area contributed by atoms with E-state index in [2.05, 4.69) is 0 Å². The van der Waals surface area contributed by atoms with Crippen molar-refractivity contribution in [1.82, 2.24) is 0 Å². The van der Waals surface area contributed by atoms with Gasteiger partial charge in [-0.15, -0.1) is 0 Å². The van der Waals surface area contributed by atoms with Crippen LogP contribution in [0, 0.1) is 0 Å². The molecule has 0 fully saturated rings. The van der Waals surface area contributed by atoms with Crippen molar-refractivity contribution in [3.63, 3.8) is 0 Å². The van der Waals surface area contributed by atoms with Gasteiger partial charge in [0.1, 0.15) is 11.5 Å². The lowest BCUT2D eigenvalue weighted by Gasteiger charge is -1.98. The monoisotopic (exact) mass is 179 g/mol. The molecule has 0 saturated carbocycles. The van der Waals surface area contributed by atoms with Gasteiger partial charge in [-0.3, -0.25) is 4.79 Å². The Morgan fingerprint density at radius 1 is 1.38 bits per heavy atom. The Morgan fingerprint density at radius 3 is 2.69 bits per heavy atom. The lowest BCUT2D eigenvalue weighted by molar-refractivity contribution is -0.113. The fraction of sp³-hybridized carbons (Fsp3) is 0. The summed E-state index contributed by atoms with van der Waals surface area (Å²) >= 11 is 0. The minimum absolute atomic E-state index is 0.0157. The Bertz CT molecular complexity index is 358. The summed E-state index contributed by atoms with van der Waals surface area (Å²) in [7, 11) is 0. The summed E-state index contributed by atoms with van der Waals surface area (Å²) in [6, 6.07) is 4.00. The van der Waals surface area contributed by atoms with Gasteiger partial charge in [-0.25, -0.2) is 0 Å². The van der Waals surface area contributed by atoms with Gasteiger partial charge in [0.2, 0.25) is 5.91 Å². The van der Waals surface area contributed by atoms with Gasteiger partial charge in [-0.2, -0.15) is 0 Å². The van der Waals surface area contributed by atoms with Crippen molar-refractivity contribution in [2.75, 3.05) is 0 Å². The number of phenolic OH excluding ortho intramolecular Hbond substituents is 2. The standard InChI is InChI=1S/C9H9NO3/c10-9(13)4-1-6-5-7(11)2-3-8(6)12/h1-5,11-12H,(H2,10,13)/b4-1+. The van der Waals surface area contributed by atoms with Crippen molar-refractivity contribution in [2.45, 2.75) is 0 Å². The summed E-state index contributed by atoms with van der Waals surface area (Å²) < 4.78 is 0. The van der Waals surface area contributed by atoms with E-state index in [-0.39, 0.29) is 11.5 Å². The first-order valence-corrected chi connectivity index (χ1v) is 3.59. The molecule has 4 heteroatoms. The zero-order valence-corrected chi connectivity index (χ0v) is 6.77. The van der Waals surface area contributed by atoms with Gasteiger partial charge >= 0.3 is 0 Å². The SMILES string of the molecule is NC(=O)/C=C/c1cc(O)ccc1O. The summed E-state index contributed by atoms with van der Waals surface area (Å²) in [6.07, 6.45) is 2.44. The number of hydrogen-bond acceptors (Lipinski definition) is 3. The Balaban J connectivity index is 3.00. The van der Waals surface area contributed by atoms with Gasteiger partial charge in [0.25, 0.3) is 0 Å². The van der Waals surface area contributed by atoms with E-state index >= 15 is 0 Å². The highest BCUT2D eigenvalue weighted by molar-refractivity contribution is 5.90. The minimum Gasteiger partial charge on any atom is -0.508 e. The van der Waals surface area contributed by atoms with Crippen molar-refractivity contribution in [1.29, 1.82) is 0 Å². The third-order valence-corrected chi connectivity index (χ3v) is 1.44. The van der Waals surface area contributed by atoms with E-state index in [1.807, 2.05) is 0 Å². The fourth-order valence-corrected chi connectivity index (χ4v) is 0.847. The van der Waals surface area contributed by atoms with E-state index in [0.29, 0.717) is 5.56 Å². The van der Waals surface area contributed by atoms with E-state index in [0.717, 1.165) is 6.08 Å². The molecule has 0 aliphatic heterocycles. The summed E-state index contributed by atoms with van der Waals surface area (Å²) in [5.41, 5.74) is 5.20. The maximum atomic E-state index is 10.4. The predicted octanol–water partition coefficient (Wildman–Crippen LogP) is 0.596. The number of carbonyl (C=O) groups is 1. The van der Waals surface area contributed by atoms with Crippen molar-refractivity contribution in [3.05, 3.63) is 29.8 Å². The zero-order chi connectivity index (χ0) is 9.84. The number of hydrogen-bond donors (Lipinski definition) is 3. The first-order valence-electron chi connectivity index (χ1n) is 3.59. The van der Waals surface area contributed by atoms with E-state index in [1.165, 1.54) is 24.3 Å². The van der Waals surface area contributed by atoms with Gasteiger partial charge in [-0.05, 0) is 24.3 Å². The number of phenols is 2. The molecule has 0 spiro atoms. The van der Waals surface area contributed by atoms with Crippen molar-refractivity contribution >= 4 is 12.0 Å². The van der Waals surface area contributed by atoms with Crippen LogP contribution in [0.25, 0.3) is 6.08 Å². The number of amides is 1. The first-order chi connectivity index (χ1) is 6.09. The molecule has 0 radical (unpaired) electrons. The number of rotatable bonds is 2. The van der Waals surface area contributed by atoms with E-state index in [4.69, 9.17) is 10.8 Å². The largest absolute Gasteiger partial charge is 0.508 e. The van der Waals surface area contributed by atoms with Crippen LogP contribution >= 0.6 is 0 Å². The Labute approximate surface area is 74.9 Å². The molecule has 0 aliphatic rings. The number of carbonyl (C=O) groups excluding carboxylic acids is 1. The molecule has 0 saturated heterocycles. The molecule has 4 N–H and O–H groups in total. The maximum Gasteiger partial charge on any atom is 0.241 e. The minimum atomic E-state index is -0.609. The van der Waals surface area contributed by atoms with Crippen LogP contribution in [0.5, 0.6) is 11.5 Å². The third kappa shape index (κ3) is 2.52. The molecule has 0 aromatic heterocycles. The normalized spacial score (nSPS) is 10.5. The number of primary amides is 1. The lowest BCUT2D eigenvalue weighted by atomic mass is 10.2. The topological polar surface area (TPSA) is 83.6 Å². The number of aromatic hydroxyl groups is 2. The van der Waals surface area contributed by atoms with Crippen molar-refractivity contribution in [2.24, 2.45) is 5.73 Å². The van der Waals surface area contributed by atoms with Crippen molar-refractivity contribution < 1.29 is 15.0 Å². The van der Waals surface area contributed by atoms with Crippen LogP contribution in [0.2, 0.25) is 0 Å². The second kappa shape index (κ2) is 3.62. The highest BCUT2D eigenvalue weighted by Crippen LogP contribution is 2.22. The smallest absolute Gasteiger partial charge is 0.241 e. The van der Waals surface area contributed by atoms with E-state index in [9.17, 15) is 9.90 Å². The maximum absolute atomic E-state index is 10.4. The summed E-state index contributed by atoms with van der Waals surface area (Å²) in [5, 5.41) is 18.3. The molecule has 1 aromatic rings. The van der Waals surface area contributed by atoms with Crippen LogP contribution < -0.4 is 5.73 Å². The molecule has 1 rings (SSSR count). The quantitative estimate of drug-likeness (QED) is 0.459. The van der Waals surface area contributed by atoms with Gasteiger partial charge in [0.15, 0.2) is 0 Å². The average Bonchev–Trinajstić information content (AvgIpc) is 2.06. The second-order valence-corrected chi connectivity index (χ2v) is 2.48. The highest BCUT2D eigenvalue weighted by Gasteiger charge is 1.98. The number of benzene rings is 1. The van der Waals surface area contributed by atoms with Gasteiger partial charge in [0.05, 0.1) is 0 Å². The molecular weight excluding hydrogens is 170 g/mol. The molecule has 0 unspecified atom stereocenters. The summed E-state index contributed by atoms with van der Waals surface area (Å²) in [4.78, 5) is 10.4. The van der Waals surface area contributed by atoms with Gasteiger partial charge in [-0.1, -0.05) is 0 Å². The van der Waals surface area contributed by atoms with E-state index in [1.54, 1.807) is 0 Å².